The topological polar surface area (TPSA) is 92.3 Å². The van der Waals surface area contributed by atoms with Crippen molar-refractivity contribution in [2.24, 2.45) is 0 Å². The third-order valence-corrected chi connectivity index (χ3v) is 7.35. The summed E-state index contributed by atoms with van der Waals surface area (Å²) in [5, 5.41) is 1.43. The highest BCUT2D eigenvalue weighted by Gasteiger charge is 2.66. The molecule has 0 aromatic heterocycles. The van der Waals surface area contributed by atoms with Gasteiger partial charge in [0.25, 0.3) is 0 Å². The van der Waals surface area contributed by atoms with Crippen LogP contribution in [0.1, 0.15) is 27.6 Å². The van der Waals surface area contributed by atoms with E-state index in [1.54, 1.807) is 0 Å². The number of rotatable bonds is 7. The van der Waals surface area contributed by atoms with E-state index in [0.29, 0.717) is 12.1 Å². The summed E-state index contributed by atoms with van der Waals surface area (Å²) < 4.78 is 200. The van der Waals surface area contributed by atoms with Crippen LogP contribution in [-0.2, 0) is 9.59 Å². The molecule has 45 heavy (non-hydrogen) atoms. The zero-order chi connectivity index (χ0) is 36.0. The normalized spacial score (nSPS) is 15.6. The third-order valence-electron chi connectivity index (χ3n) is 4.58. The van der Waals surface area contributed by atoms with Gasteiger partial charge in [-0.2, -0.15) is 26.3 Å². The van der Waals surface area contributed by atoms with Crippen molar-refractivity contribution < 1.29 is 84.4 Å². The molecular weight excluding hydrogens is 780 g/mol. The van der Waals surface area contributed by atoms with Gasteiger partial charge in [-0.1, -0.05) is 54.8 Å². The Morgan fingerprint density at radius 3 is 1.18 bits per heavy atom. The van der Waals surface area contributed by atoms with Crippen molar-refractivity contribution >= 4 is 71.1 Å². The molecule has 2 amide bonds. The second-order valence-corrected chi connectivity index (χ2v) is 13.8. The monoisotopic (exact) mass is 792 g/mol. The Bertz CT molecular complexity index is 1560. The number of carbonyl (C=O) groups excluding carboxylic acids is 4. The maximum absolute atomic E-state index is 12.8. The summed E-state index contributed by atoms with van der Waals surface area (Å²) in [6.45, 7) is 0.722. The Morgan fingerprint density at radius 2 is 0.911 bits per heavy atom. The number of hydrogen-bond donors (Lipinski definition) is 2. The molecule has 2 rings (SSSR count). The zero-order valence-corrected chi connectivity index (χ0v) is 24.3. The first-order chi connectivity index (χ1) is 19.3. The van der Waals surface area contributed by atoms with Gasteiger partial charge >= 0.3 is 44.6 Å². The Kier molecular flexibility index (Phi) is 9.44. The molecule has 0 fully saturated rings. The van der Waals surface area contributed by atoms with Gasteiger partial charge in [0.1, 0.15) is 9.79 Å². The molecule has 0 saturated carbocycles. The van der Waals surface area contributed by atoms with Crippen LogP contribution in [0.2, 0.25) is 0 Å². The van der Waals surface area contributed by atoms with Crippen LogP contribution in [0, 0.1) is 0 Å². The summed E-state index contributed by atoms with van der Waals surface area (Å²) in [5.41, 5.74) is -4.33. The Morgan fingerprint density at radius 1 is 0.600 bits per heavy atom. The van der Waals surface area contributed by atoms with Crippen LogP contribution in [-0.4, -0.2) is 41.1 Å². The lowest BCUT2D eigenvalue weighted by atomic mass is 10.1. The van der Waals surface area contributed by atoms with Gasteiger partial charge in [0.2, 0.25) is 0 Å². The molecule has 0 aliphatic heterocycles. The van der Waals surface area contributed by atoms with Crippen LogP contribution >= 0.6 is 36.4 Å². The highest BCUT2D eigenvalue weighted by atomic mass is 79.9. The minimum Gasteiger partial charge on any atom is -0.318 e. The van der Waals surface area contributed by atoms with Gasteiger partial charge in [-0.25, -0.2) is 0 Å². The maximum Gasteiger partial charge on any atom is 0.471 e. The molecule has 0 bridgehead atoms. The van der Waals surface area contributed by atoms with Crippen molar-refractivity contribution in [2.45, 2.75) is 29.1 Å². The lowest BCUT2D eigenvalue weighted by Crippen LogP contribution is -2.30. The number of amides is 2. The molecule has 0 saturated heterocycles. The third kappa shape index (κ3) is 12.2. The molecule has 0 radical (unpaired) electrons. The second kappa shape index (κ2) is 10.7. The Hall–Kier alpha value is -3.22. The highest BCUT2D eigenvalue weighted by molar-refractivity contribution is 9.09. The van der Waals surface area contributed by atoms with Gasteiger partial charge in [-0.3, -0.25) is 19.2 Å². The van der Waals surface area contributed by atoms with E-state index < -0.39 is 93.8 Å². The minimum absolute atomic E-state index is 0.186. The Labute approximate surface area is 248 Å². The number of Topliss-reactive ketones (excluding diaryl/α,β-unsaturated/α-hetero) is 2. The average molecular weight is 793 g/mol. The largest absolute Gasteiger partial charge is 0.471 e. The molecule has 6 nitrogen and oxygen atoms in total. The molecule has 0 unspecified atom stereocenters. The summed E-state index contributed by atoms with van der Waals surface area (Å²) in [6, 6.07) is -0.241. The predicted octanol–water partition coefficient (Wildman–Crippen LogP) is 10.5. The van der Waals surface area contributed by atoms with Crippen LogP contribution in [0.15, 0.2) is 46.2 Å². The van der Waals surface area contributed by atoms with Crippen LogP contribution < -0.4 is 10.6 Å². The van der Waals surface area contributed by atoms with Crippen LogP contribution in [0.5, 0.6) is 0 Å². The van der Waals surface area contributed by atoms with Gasteiger partial charge in [0, 0.05) is 22.5 Å². The molecule has 0 heterocycles. The smallest absolute Gasteiger partial charge is 0.318 e. The molecule has 2 N–H and O–H groups in total. The van der Waals surface area contributed by atoms with Crippen molar-refractivity contribution in [3.8, 4) is 0 Å². The molecule has 0 spiro atoms. The maximum atomic E-state index is 12.8. The predicted molar refractivity (Wildman–Crippen MR) is 133 cm³/mol. The van der Waals surface area contributed by atoms with E-state index in [-0.39, 0.29) is 24.3 Å². The van der Waals surface area contributed by atoms with Crippen molar-refractivity contribution in [3.05, 3.63) is 47.5 Å². The lowest BCUT2D eigenvalue weighted by Gasteiger charge is -2.41. The molecule has 0 atom stereocenters. The van der Waals surface area contributed by atoms with E-state index in [4.69, 9.17) is 0 Å². The summed E-state index contributed by atoms with van der Waals surface area (Å²) in [4.78, 5) is 38.6. The van der Waals surface area contributed by atoms with Gasteiger partial charge in [0.15, 0.2) is 11.6 Å². The molecule has 0 aliphatic rings. The standard InChI is InChI=1S/C10H6BrF8NO2S.C10H7F8NO2S/c11-4-8(21)5-1-6(20-9(22)10(12,13)14)3-7(2-5)23(15,16,17,18)19;1-5(20)6-2-7(19-9(21)10(11,12)13)4-8(3-6)22(14,15,16,17)18/h1-3H,4H2,(H,20,22);2-4H,1H3,(H,19,21). The molecule has 2 aromatic carbocycles. The SMILES string of the molecule is CC(=O)c1cc(NC(=O)C(F)(F)F)cc(S(F)(F)(F)(F)F)c1.O=C(CBr)c1cc(NC(=O)C(F)(F)F)cc(S(F)(F)(F)(F)F)c1. The number of benzene rings is 2. The number of anilines is 2. The lowest BCUT2D eigenvalue weighted by molar-refractivity contribution is -0.167. The van der Waals surface area contributed by atoms with Gasteiger partial charge in [-0.05, 0) is 43.3 Å². The summed E-state index contributed by atoms with van der Waals surface area (Å²) in [7, 11) is -20.5. The summed E-state index contributed by atoms with van der Waals surface area (Å²) in [6.07, 6.45) is -10.9. The fourth-order valence-electron chi connectivity index (χ4n) is 2.63. The van der Waals surface area contributed by atoms with E-state index in [0.717, 1.165) is 17.6 Å². The van der Waals surface area contributed by atoms with Crippen LogP contribution in [0.25, 0.3) is 0 Å². The van der Waals surface area contributed by atoms with Gasteiger partial charge in [-0.15, -0.1) is 0 Å². The van der Waals surface area contributed by atoms with Crippen LogP contribution in [0.4, 0.5) is 76.6 Å². The zero-order valence-electron chi connectivity index (χ0n) is 21.0. The van der Waals surface area contributed by atoms with Crippen molar-refractivity contribution in [2.75, 3.05) is 16.0 Å². The molecule has 258 valence electrons. The first-order valence-electron chi connectivity index (χ1n) is 10.5. The van der Waals surface area contributed by atoms with E-state index in [1.165, 1.54) is 0 Å². The van der Waals surface area contributed by atoms with Gasteiger partial charge < -0.3 is 10.6 Å². The number of carbonyl (C=O) groups is 4. The van der Waals surface area contributed by atoms with Gasteiger partial charge in [0.05, 0.1) is 5.33 Å². The highest BCUT2D eigenvalue weighted by Crippen LogP contribution is 3.03. The number of hydrogen-bond acceptors (Lipinski definition) is 4. The van der Waals surface area contributed by atoms with E-state index in [1.807, 2.05) is 0 Å². The van der Waals surface area contributed by atoms with E-state index >= 15 is 0 Å². The fourth-order valence-corrected chi connectivity index (χ4v) is 4.36. The molecular formula is C20H13BrF16N2O4S2. The number of alkyl halides is 7. The van der Waals surface area contributed by atoms with Crippen LogP contribution in [0.3, 0.4) is 0 Å². The minimum atomic E-state index is -10.3. The molecule has 25 heteroatoms. The van der Waals surface area contributed by atoms with E-state index in [9.17, 15) is 84.4 Å². The van der Waals surface area contributed by atoms with Crippen molar-refractivity contribution in [1.82, 2.24) is 0 Å². The fraction of sp³-hybridized carbons (Fsp3) is 0.200. The first-order valence-corrected chi connectivity index (χ1v) is 15.5. The quantitative estimate of drug-likeness (QED) is 0.166. The Balaban J connectivity index is 0.000000450. The second-order valence-electron chi connectivity index (χ2n) is 8.45. The number of nitrogens with one attached hydrogen (secondary N) is 2. The molecule has 0 aliphatic carbocycles. The number of halogens is 17. The summed E-state index contributed by atoms with van der Waals surface area (Å²) >= 11 is 2.58. The van der Waals surface area contributed by atoms with Crippen molar-refractivity contribution in [1.29, 1.82) is 0 Å². The van der Waals surface area contributed by atoms with Crippen molar-refractivity contribution in [3.63, 3.8) is 0 Å². The number of ketones is 2. The summed E-state index contributed by atoms with van der Waals surface area (Å²) in [5.74, 6) is -7.54. The average Bonchev–Trinajstić information content (AvgIpc) is 2.79. The van der Waals surface area contributed by atoms with E-state index in [2.05, 4.69) is 15.9 Å². The molecule has 2 aromatic rings. The first kappa shape index (κ1) is 39.8.